The normalized spacial score (nSPS) is 23.8. The minimum Gasteiger partial charge on any atom is -0.464 e. The van der Waals surface area contributed by atoms with E-state index in [0.717, 1.165) is 12.8 Å². The van der Waals surface area contributed by atoms with E-state index >= 15 is 0 Å². The molecule has 0 spiro atoms. The Morgan fingerprint density at radius 2 is 1.82 bits per heavy atom. The largest absolute Gasteiger partial charge is 0.464 e. The summed E-state index contributed by atoms with van der Waals surface area (Å²) in [4.78, 5) is 42.6. The number of anilines is 1. The van der Waals surface area contributed by atoms with Crippen LogP contribution in [0.5, 0.6) is 5.75 Å². The Morgan fingerprint density at radius 3 is 2.51 bits per heavy atom. The van der Waals surface area contributed by atoms with E-state index in [-0.39, 0.29) is 42.6 Å². The number of benzene rings is 1. The molecule has 6 atom stereocenters. The molecule has 3 N–H and O–H groups in total. The highest BCUT2D eigenvalue weighted by Gasteiger charge is 2.62. The van der Waals surface area contributed by atoms with Gasteiger partial charge in [0, 0.05) is 26.1 Å². The van der Waals surface area contributed by atoms with Crippen molar-refractivity contribution in [2.24, 2.45) is 5.92 Å². The van der Waals surface area contributed by atoms with Crippen molar-refractivity contribution in [1.82, 2.24) is 19.7 Å². The average molecular weight is 729 g/mol. The Labute approximate surface area is 294 Å². The van der Waals surface area contributed by atoms with E-state index < -0.39 is 62.2 Å². The zero-order valence-electron chi connectivity index (χ0n) is 28.5. The van der Waals surface area contributed by atoms with Gasteiger partial charge in [-0.1, -0.05) is 32.0 Å². The van der Waals surface area contributed by atoms with Crippen LogP contribution < -0.4 is 15.3 Å². The number of nitrogens with one attached hydrogen (secondary N) is 1. The van der Waals surface area contributed by atoms with Gasteiger partial charge in [-0.2, -0.15) is 15.4 Å². The van der Waals surface area contributed by atoms with Crippen LogP contribution in [0.1, 0.15) is 58.3 Å². The van der Waals surface area contributed by atoms with E-state index in [2.05, 4.69) is 15.2 Å². The van der Waals surface area contributed by atoms with E-state index in [4.69, 9.17) is 38.5 Å². The topological polar surface area (TPSA) is 225 Å². The number of hydrogen-bond donors (Lipinski definition) is 2. The molecule has 2 aliphatic heterocycles. The van der Waals surface area contributed by atoms with Crippen LogP contribution >= 0.6 is 7.75 Å². The molecule has 0 aliphatic carbocycles. The first-order chi connectivity index (χ1) is 24.5. The number of rotatable bonds is 15. The third kappa shape index (κ3) is 8.84. The zero-order valence-corrected chi connectivity index (χ0v) is 29.4. The number of nitriles is 1. The highest BCUT2D eigenvalue weighted by atomic mass is 31.2. The first-order valence-electron chi connectivity index (χ1n) is 16.6. The molecule has 274 valence electrons. The molecule has 2 fully saturated rings. The Balaban J connectivity index is 1.47. The highest BCUT2D eigenvalue weighted by Crippen LogP contribution is 2.50. The smallest absolute Gasteiger partial charge is 0.459 e. The predicted molar refractivity (Wildman–Crippen MR) is 178 cm³/mol. The standard InChI is InChI=1S/C33H41N6O11P/c1-4-26(40)47-29-28(24-11-12-25-31(35)36-20-37-39(24)25)49-33(18-34,30(29)48-27(41)5-2)19-46-51(43,50-23-9-7-6-8-10-23)38-21(3)32(42)45-17-22-13-15-44-16-14-22/h6-12,20-22,28-30H,4-5,13-17,19H2,1-3H3,(H,38,43)(H2,35,36,37)/t21-,28-,29-,30-,33+,51+/m0/s1. The number of nitrogens with zero attached hydrogens (tertiary/aromatic N) is 4. The lowest BCUT2D eigenvalue weighted by Crippen LogP contribution is -2.49. The molecule has 3 aromatic rings. The Kier molecular flexibility index (Phi) is 12.3. The lowest BCUT2D eigenvalue weighted by atomic mass is 9.95. The van der Waals surface area contributed by atoms with E-state index in [1.165, 1.54) is 29.9 Å². The van der Waals surface area contributed by atoms with Crippen molar-refractivity contribution in [3.63, 3.8) is 0 Å². The number of ether oxygens (including phenoxy) is 5. The van der Waals surface area contributed by atoms with Gasteiger partial charge in [0.1, 0.15) is 42.4 Å². The van der Waals surface area contributed by atoms with Gasteiger partial charge in [0.2, 0.25) is 5.60 Å². The maximum atomic E-state index is 14.5. The van der Waals surface area contributed by atoms with Gasteiger partial charge in [-0.05, 0) is 49.9 Å². The zero-order chi connectivity index (χ0) is 36.6. The summed E-state index contributed by atoms with van der Waals surface area (Å²) in [6.45, 7) is 4.99. The number of fused-ring (bicyclic) bond motifs is 1. The fraction of sp³-hybridized carbons (Fsp3) is 0.515. The summed E-state index contributed by atoms with van der Waals surface area (Å²) in [5.41, 5.74) is 4.49. The third-order valence-corrected chi connectivity index (χ3v) is 10.0. The van der Waals surface area contributed by atoms with Gasteiger partial charge in [0.15, 0.2) is 18.0 Å². The first kappa shape index (κ1) is 37.7. The minimum atomic E-state index is -4.55. The van der Waals surface area contributed by atoms with Gasteiger partial charge in [-0.15, -0.1) is 0 Å². The summed E-state index contributed by atoms with van der Waals surface area (Å²) in [7, 11) is -4.55. The summed E-state index contributed by atoms with van der Waals surface area (Å²) in [5, 5.41) is 17.6. The number of esters is 3. The van der Waals surface area contributed by atoms with E-state index in [1.807, 2.05) is 6.07 Å². The average Bonchev–Trinajstić information content (AvgIpc) is 3.70. The van der Waals surface area contributed by atoms with Crippen molar-refractivity contribution >= 4 is 37.0 Å². The Bertz CT molecular complexity index is 1780. The van der Waals surface area contributed by atoms with Crippen LogP contribution in [0.4, 0.5) is 5.82 Å². The molecule has 0 amide bonds. The van der Waals surface area contributed by atoms with Crippen molar-refractivity contribution in [2.45, 2.75) is 76.4 Å². The second kappa shape index (κ2) is 16.6. The number of hydrogen-bond acceptors (Lipinski definition) is 15. The van der Waals surface area contributed by atoms with Crippen LogP contribution in [0.25, 0.3) is 5.52 Å². The van der Waals surface area contributed by atoms with Gasteiger partial charge in [0.25, 0.3) is 0 Å². The van der Waals surface area contributed by atoms with Gasteiger partial charge in [0.05, 0.1) is 12.3 Å². The Morgan fingerprint density at radius 1 is 1.12 bits per heavy atom. The Hall–Kier alpha value is -4.59. The molecular weight excluding hydrogens is 687 g/mol. The molecule has 2 aromatic heterocycles. The number of nitrogen functional groups attached to an aromatic ring is 1. The number of carbonyl (C=O) groups is 3. The summed E-state index contributed by atoms with van der Waals surface area (Å²) >= 11 is 0. The fourth-order valence-corrected chi connectivity index (χ4v) is 7.13. The highest BCUT2D eigenvalue weighted by molar-refractivity contribution is 7.52. The summed E-state index contributed by atoms with van der Waals surface area (Å²) in [6, 6.07) is 12.0. The van der Waals surface area contributed by atoms with Gasteiger partial charge in [-0.25, -0.2) is 14.1 Å². The molecule has 4 heterocycles. The maximum Gasteiger partial charge on any atom is 0.459 e. The van der Waals surface area contributed by atoms with Gasteiger partial charge >= 0.3 is 25.7 Å². The van der Waals surface area contributed by atoms with Crippen LogP contribution in [0.15, 0.2) is 48.8 Å². The van der Waals surface area contributed by atoms with E-state index in [0.29, 0.717) is 18.7 Å². The lowest BCUT2D eigenvalue weighted by molar-refractivity contribution is -0.169. The molecule has 0 radical (unpaired) electrons. The number of aromatic nitrogens is 3. The fourth-order valence-electron chi connectivity index (χ4n) is 5.61. The minimum absolute atomic E-state index is 0.0513. The predicted octanol–water partition coefficient (Wildman–Crippen LogP) is 3.44. The SMILES string of the molecule is CCC(=O)O[C@H]1[C@H](c2ccc3c(N)ncnn23)O[C@](C#N)(CO[P@](=O)(N[C@@H](C)C(=O)OCC2CCOCC2)Oc2ccccc2)[C@H]1OC(=O)CC. The van der Waals surface area contributed by atoms with Crippen molar-refractivity contribution in [3.05, 3.63) is 54.5 Å². The molecular formula is C33H41N6O11P. The molecule has 2 aliphatic rings. The molecule has 0 unspecified atom stereocenters. The molecule has 1 aromatic carbocycles. The number of nitrogens with two attached hydrogens (primary N) is 1. The van der Waals surface area contributed by atoms with Crippen LogP contribution in [0.3, 0.4) is 0 Å². The third-order valence-electron chi connectivity index (χ3n) is 8.41. The molecule has 18 heteroatoms. The summed E-state index contributed by atoms with van der Waals surface area (Å²) in [5.74, 6) is -1.74. The molecule has 5 rings (SSSR count). The molecule has 0 saturated carbocycles. The molecule has 51 heavy (non-hydrogen) atoms. The lowest BCUT2D eigenvalue weighted by Gasteiger charge is -2.30. The van der Waals surface area contributed by atoms with E-state index in [1.54, 1.807) is 44.2 Å². The van der Waals surface area contributed by atoms with Crippen LogP contribution in [-0.4, -0.2) is 82.8 Å². The van der Waals surface area contributed by atoms with Crippen molar-refractivity contribution in [1.29, 1.82) is 5.26 Å². The van der Waals surface area contributed by atoms with Crippen molar-refractivity contribution in [3.8, 4) is 11.8 Å². The van der Waals surface area contributed by atoms with Gasteiger partial charge in [-0.3, -0.25) is 18.9 Å². The second-order valence-corrected chi connectivity index (χ2v) is 13.7. The maximum absolute atomic E-state index is 14.5. The molecule has 17 nitrogen and oxygen atoms in total. The summed E-state index contributed by atoms with van der Waals surface area (Å²) in [6.07, 6.45) is -1.71. The van der Waals surface area contributed by atoms with Crippen LogP contribution in [-0.2, 0) is 47.2 Å². The van der Waals surface area contributed by atoms with Gasteiger partial charge < -0.3 is 33.9 Å². The van der Waals surface area contributed by atoms with Crippen LogP contribution in [0, 0.1) is 17.2 Å². The quantitative estimate of drug-likeness (QED) is 0.130. The van der Waals surface area contributed by atoms with Crippen LogP contribution in [0.2, 0.25) is 0 Å². The molecule has 2 saturated heterocycles. The number of para-hydroxylation sites is 1. The van der Waals surface area contributed by atoms with Crippen molar-refractivity contribution in [2.75, 3.05) is 32.2 Å². The van der Waals surface area contributed by atoms with Crippen molar-refractivity contribution < 1.29 is 51.7 Å². The number of carbonyl (C=O) groups excluding carboxylic acids is 3. The second-order valence-electron chi connectivity index (χ2n) is 12.0. The summed E-state index contributed by atoms with van der Waals surface area (Å²) < 4.78 is 56.2. The van der Waals surface area contributed by atoms with E-state index in [9.17, 15) is 24.2 Å². The first-order valence-corrected chi connectivity index (χ1v) is 18.1. The molecule has 0 bridgehead atoms. The monoisotopic (exact) mass is 728 g/mol.